The Hall–Kier alpha value is -0.590. The number of carbonyl (C=O) groups excluding carboxylic acids is 1. The van der Waals surface area contributed by atoms with Gasteiger partial charge in [0.15, 0.2) is 0 Å². The summed E-state index contributed by atoms with van der Waals surface area (Å²) in [6, 6.07) is 0. The second kappa shape index (κ2) is 9.37. The molecule has 114 valence electrons. The predicted octanol–water partition coefficient (Wildman–Crippen LogP) is 2.60. The van der Waals surface area contributed by atoms with Crippen LogP contribution in [0, 0.1) is 12.8 Å². The van der Waals surface area contributed by atoms with Crippen molar-refractivity contribution in [3.8, 4) is 0 Å². The molecule has 1 unspecified atom stereocenters. The first kappa shape index (κ1) is 17.5. The third kappa shape index (κ3) is 7.87. The molecule has 0 aliphatic carbocycles. The van der Waals surface area contributed by atoms with Crippen LogP contribution in [0.3, 0.4) is 0 Å². The van der Waals surface area contributed by atoms with Crippen LogP contribution in [0.5, 0.6) is 0 Å². The summed E-state index contributed by atoms with van der Waals surface area (Å²) in [4.78, 5) is 16.0. The summed E-state index contributed by atoms with van der Waals surface area (Å²) >= 11 is 3.37. The smallest absolute Gasteiger partial charge is 0.220 e. The molecule has 20 heavy (non-hydrogen) atoms. The van der Waals surface area contributed by atoms with E-state index in [0.29, 0.717) is 18.9 Å². The molecule has 1 rings (SSSR count). The minimum atomic E-state index is -0.440. The molecule has 4 nitrogen and oxygen atoms in total. The number of nitrogens with one attached hydrogen (secondary N) is 1. The number of rotatable bonds is 9. The number of nitrogens with zero attached hydrogens (tertiary/aromatic N) is 1. The molecule has 0 bridgehead atoms. The van der Waals surface area contributed by atoms with Crippen LogP contribution in [-0.4, -0.2) is 34.4 Å². The average molecular weight is 316 g/mol. The summed E-state index contributed by atoms with van der Waals surface area (Å²) in [5, 5.41) is 15.6. The SMILES string of the molecule is Cc1nc(CSCCC(=O)NCC(O)CC(C)C)cs1. The minimum Gasteiger partial charge on any atom is -0.391 e. The fourth-order valence-corrected chi connectivity index (χ4v) is 3.31. The monoisotopic (exact) mass is 316 g/mol. The second-order valence-corrected chi connectivity index (χ2v) is 7.42. The zero-order valence-corrected chi connectivity index (χ0v) is 14.0. The van der Waals surface area contributed by atoms with Gasteiger partial charge in [0.1, 0.15) is 0 Å². The molecule has 6 heteroatoms. The molecule has 1 aromatic heterocycles. The van der Waals surface area contributed by atoms with E-state index in [-0.39, 0.29) is 5.91 Å². The summed E-state index contributed by atoms with van der Waals surface area (Å²) < 4.78 is 0. The number of hydrogen-bond acceptors (Lipinski definition) is 5. The molecule has 0 spiro atoms. The van der Waals surface area contributed by atoms with Crippen molar-refractivity contribution >= 4 is 29.0 Å². The highest BCUT2D eigenvalue weighted by atomic mass is 32.2. The van der Waals surface area contributed by atoms with E-state index in [1.165, 1.54) is 0 Å². The Bertz CT molecular complexity index is 408. The molecule has 0 aliphatic rings. The largest absolute Gasteiger partial charge is 0.391 e. The van der Waals surface area contributed by atoms with Crippen LogP contribution in [0.2, 0.25) is 0 Å². The lowest BCUT2D eigenvalue weighted by atomic mass is 10.1. The average Bonchev–Trinajstić information content (AvgIpc) is 2.77. The first-order valence-corrected chi connectivity index (χ1v) is 8.94. The molecule has 0 saturated heterocycles. The predicted molar refractivity (Wildman–Crippen MR) is 86.1 cm³/mol. The van der Waals surface area contributed by atoms with Crippen molar-refractivity contribution < 1.29 is 9.90 Å². The second-order valence-electron chi connectivity index (χ2n) is 5.25. The molecule has 1 heterocycles. The fourth-order valence-electron chi connectivity index (χ4n) is 1.76. The lowest BCUT2D eigenvalue weighted by molar-refractivity contribution is -0.121. The molecule has 2 N–H and O–H groups in total. The van der Waals surface area contributed by atoms with Crippen molar-refractivity contribution in [1.29, 1.82) is 0 Å². The molecule has 1 amide bonds. The van der Waals surface area contributed by atoms with E-state index in [9.17, 15) is 9.90 Å². The number of aryl methyl sites for hydroxylation is 1. The number of thioether (sulfide) groups is 1. The third-order valence-corrected chi connectivity index (χ3v) is 4.48. The van der Waals surface area contributed by atoms with Gasteiger partial charge < -0.3 is 10.4 Å². The molecule has 0 aliphatic heterocycles. The molecule has 0 aromatic carbocycles. The molecular formula is C14H24N2O2S2. The Morgan fingerprint density at radius 3 is 2.90 bits per heavy atom. The summed E-state index contributed by atoms with van der Waals surface area (Å²) in [5.74, 6) is 2.09. The number of hydrogen-bond donors (Lipinski definition) is 2. The molecule has 0 fully saturated rings. The van der Waals surface area contributed by atoms with Gasteiger partial charge in [-0.2, -0.15) is 11.8 Å². The topological polar surface area (TPSA) is 62.2 Å². The van der Waals surface area contributed by atoms with Gasteiger partial charge in [0, 0.05) is 29.9 Å². The summed E-state index contributed by atoms with van der Waals surface area (Å²) in [6.45, 7) is 6.46. The Morgan fingerprint density at radius 1 is 1.55 bits per heavy atom. The van der Waals surface area contributed by atoms with Crippen molar-refractivity contribution in [2.45, 2.75) is 45.5 Å². The highest BCUT2D eigenvalue weighted by Gasteiger charge is 2.09. The molecule has 1 aromatic rings. The van der Waals surface area contributed by atoms with Crippen LogP contribution in [0.4, 0.5) is 0 Å². The van der Waals surface area contributed by atoms with Gasteiger partial charge in [0.25, 0.3) is 0 Å². The van der Waals surface area contributed by atoms with E-state index in [4.69, 9.17) is 0 Å². The Morgan fingerprint density at radius 2 is 2.30 bits per heavy atom. The number of aliphatic hydroxyl groups excluding tert-OH is 1. The Labute approximate surface area is 129 Å². The number of carbonyl (C=O) groups is 1. The van der Waals surface area contributed by atoms with Crippen LogP contribution in [-0.2, 0) is 10.5 Å². The quantitative estimate of drug-likeness (QED) is 0.688. The van der Waals surface area contributed by atoms with Crippen molar-refractivity contribution in [2.75, 3.05) is 12.3 Å². The van der Waals surface area contributed by atoms with E-state index >= 15 is 0 Å². The lowest BCUT2D eigenvalue weighted by Gasteiger charge is -2.13. The van der Waals surface area contributed by atoms with Crippen molar-refractivity contribution in [3.05, 3.63) is 16.1 Å². The third-order valence-electron chi connectivity index (χ3n) is 2.67. The zero-order chi connectivity index (χ0) is 15.0. The summed E-state index contributed by atoms with van der Waals surface area (Å²) in [6.07, 6.45) is 0.769. The number of amides is 1. The van der Waals surface area contributed by atoms with Crippen LogP contribution < -0.4 is 5.32 Å². The van der Waals surface area contributed by atoms with Gasteiger partial charge in [0.05, 0.1) is 16.8 Å². The number of aromatic nitrogens is 1. The number of aliphatic hydroxyl groups is 1. The van der Waals surface area contributed by atoms with E-state index in [0.717, 1.165) is 28.6 Å². The van der Waals surface area contributed by atoms with E-state index in [2.05, 4.69) is 29.5 Å². The maximum atomic E-state index is 11.6. The van der Waals surface area contributed by atoms with Crippen LogP contribution >= 0.6 is 23.1 Å². The fraction of sp³-hybridized carbons (Fsp3) is 0.714. The van der Waals surface area contributed by atoms with Gasteiger partial charge in [-0.05, 0) is 19.3 Å². The van der Waals surface area contributed by atoms with E-state index in [1.54, 1.807) is 23.1 Å². The molecular weight excluding hydrogens is 292 g/mol. The summed E-state index contributed by atoms with van der Waals surface area (Å²) in [5.41, 5.74) is 1.09. The van der Waals surface area contributed by atoms with Crippen LogP contribution in [0.1, 0.15) is 37.4 Å². The Kier molecular flexibility index (Phi) is 8.18. The van der Waals surface area contributed by atoms with Gasteiger partial charge in [-0.25, -0.2) is 4.98 Å². The maximum Gasteiger partial charge on any atom is 0.220 e. The first-order valence-electron chi connectivity index (χ1n) is 6.91. The summed E-state index contributed by atoms with van der Waals surface area (Å²) in [7, 11) is 0. The Balaban J connectivity index is 2.05. The molecule has 1 atom stereocenters. The van der Waals surface area contributed by atoms with E-state index in [1.807, 2.05) is 6.92 Å². The normalized spacial score (nSPS) is 12.7. The standard InChI is InChI=1S/C14H24N2O2S2/c1-10(2)6-13(17)7-15-14(18)4-5-19-8-12-9-20-11(3)16-12/h9-10,13,17H,4-8H2,1-3H3,(H,15,18). The van der Waals surface area contributed by atoms with Crippen LogP contribution in [0.25, 0.3) is 0 Å². The highest BCUT2D eigenvalue weighted by molar-refractivity contribution is 7.98. The molecule has 0 radical (unpaired) electrons. The van der Waals surface area contributed by atoms with Gasteiger partial charge >= 0.3 is 0 Å². The highest BCUT2D eigenvalue weighted by Crippen LogP contribution is 2.15. The zero-order valence-electron chi connectivity index (χ0n) is 12.4. The number of thiazole rings is 1. The van der Waals surface area contributed by atoms with Crippen LogP contribution in [0.15, 0.2) is 5.38 Å². The van der Waals surface area contributed by atoms with Gasteiger partial charge in [-0.3, -0.25) is 4.79 Å². The minimum absolute atomic E-state index is 0.00904. The first-order chi connectivity index (χ1) is 9.47. The maximum absolute atomic E-state index is 11.6. The lowest BCUT2D eigenvalue weighted by Crippen LogP contribution is -2.32. The van der Waals surface area contributed by atoms with E-state index < -0.39 is 6.10 Å². The van der Waals surface area contributed by atoms with Crippen molar-refractivity contribution in [1.82, 2.24) is 10.3 Å². The van der Waals surface area contributed by atoms with Crippen molar-refractivity contribution in [2.24, 2.45) is 5.92 Å². The van der Waals surface area contributed by atoms with Gasteiger partial charge in [-0.1, -0.05) is 13.8 Å². The van der Waals surface area contributed by atoms with Gasteiger partial charge in [-0.15, -0.1) is 11.3 Å². The molecule has 0 saturated carbocycles. The van der Waals surface area contributed by atoms with Gasteiger partial charge in [0.2, 0.25) is 5.91 Å². The van der Waals surface area contributed by atoms with Crippen molar-refractivity contribution in [3.63, 3.8) is 0 Å².